The van der Waals surface area contributed by atoms with Crippen LogP contribution in [-0.2, 0) is 0 Å². The minimum atomic E-state index is -0.343. The molecule has 0 aromatic heterocycles. The van der Waals surface area contributed by atoms with E-state index in [-0.39, 0.29) is 11.5 Å². The quantitative estimate of drug-likeness (QED) is 0.485. The third-order valence-electron chi connectivity index (χ3n) is 2.84. The molecule has 5 nitrogen and oxygen atoms in total. The first-order valence-electron chi connectivity index (χ1n) is 6.29. The maximum atomic E-state index is 12.7. The molecular formula is C16H8BrClN4O. The first-order valence-corrected chi connectivity index (χ1v) is 7.46. The van der Waals surface area contributed by atoms with Crippen molar-refractivity contribution in [1.29, 1.82) is 10.5 Å². The van der Waals surface area contributed by atoms with Crippen LogP contribution in [0.25, 0.3) is 0 Å². The van der Waals surface area contributed by atoms with E-state index in [1.807, 2.05) is 0 Å². The summed E-state index contributed by atoms with van der Waals surface area (Å²) in [5.41, 5.74) is 3.25. The fraction of sp³-hybridized carbons (Fsp3) is 0. The van der Waals surface area contributed by atoms with Gasteiger partial charge in [0.05, 0.1) is 10.7 Å². The van der Waals surface area contributed by atoms with Crippen molar-refractivity contribution < 1.29 is 4.79 Å². The van der Waals surface area contributed by atoms with E-state index in [0.29, 0.717) is 26.3 Å². The Bertz CT molecular complexity index is 864. The van der Waals surface area contributed by atoms with E-state index < -0.39 is 0 Å². The molecule has 2 aromatic rings. The Morgan fingerprint density at radius 1 is 1.13 bits per heavy atom. The second-order valence-corrected chi connectivity index (χ2v) is 5.62. The van der Waals surface area contributed by atoms with Gasteiger partial charge in [-0.15, -0.1) is 0 Å². The molecule has 0 spiro atoms. The average molecular weight is 388 g/mol. The van der Waals surface area contributed by atoms with Crippen LogP contribution in [0.2, 0.25) is 5.02 Å². The second kappa shape index (κ2) is 7.55. The molecule has 1 N–H and O–H groups in total. The molecule has 0 aliphatic rings. The van der Waals surface area contributed by atoms with Crippen LogP contribution in [0.5, 0.6) is 0 Å². The number of nitriles is 2. The van der Waals surface area contributed by atoms with E-state index in [0.717, 1.165) is 0 Å². The van der Waals surface area contributed by atoms with Gasteiger partial charge in [0.25, 0.3) is 0 Å². The molecule has 0 radical (unpaired) electrons. The van der Waals surface area contributed by atoms with E-state index >= 15 is 0 Å². The molecule has 2 rings (SSSR count). The molecule has 7 heteroatoms. The van der Waals surface area contributed by atoms with Crippen LogP contribution >= 0.6 is 27.5 Å². The SMILES string of the molecule is N#CC(C#N)=NNc1ccc(Br)cc1C(=O)c1ccccc1Cl. The molecule has 0 aliphatic carbocycles. The van der Waals surface area contributed by atoms with Gasteiger partial charge in [-0.25, -0.2) is 0 Å². The van der Waals surface area contributed by atoms with Gasteiger partial charge in [-0.1, -0.05) is 39.7 Å². The topological polar surface area (TPSA) is 89.0 Å². The Kier molecular flexibility index (Phi) is 5.48. The zero-order valence-corrected chi connectivity index (χ0v) is 13.9. The number of hydrazone groups is 1. The highest BCUT2D eigenvalue weighted by Gasteiger charge is 2.16. The first-order chi connectivity index (χ1) is 11.1. The van der Waals surface area contributed by atoms with Crippen molar-refractivity contribution >= 4 is 44.7 Å². The van der Waals surface area contributed by atoms with E-state index in [4.69, 9.17) is 22.1 Å². The van der Waals surface area contributed by atoms with E-state index in [1.165, 1.54) is 0 Å². The molecule has 0 amide bonds. The standard InChI is InChI=1S/C16H8BrClN4O/c17-10-5-6-15(22-21-11(8-19)9-20)13(7-10)16(23)12-3-1-2-4-14(12)18/h1-7,22H. The lowest BCUT2D eigenvalue weighted by atomic mass is 10.0. The van der Waals surface area contributed by atoms with Crippen molar-refractivity contribution in [3.63, 3.8) is 0 Å². The van der Waals surface area contributed by atoms with Crippen LogP contribution in [0.3, 0.4) is 0 Å². The second-order valence-electron chi connectivity index (χ2n) is 4.29. The lowest BCUT2D eigenvalue weighted by Gasteiger charge is -2.09. The van der Waals surface area contributed by atoms with Crippen LogP contribution in [-0.4, -0.2) is 11.5 Å². The third-order valence-corrected chi connectivity index (χ3v) is 3.67. The van der Waals surface area contributed by atoms with Gasteiger partial charge in [-0.05, 0) is 30.3 Å². The molecule has 0 atom stereocenters. The largest absolute Gasteiger partial charge is 0.288 e. The predicted molar refractivity (Wildman–Crippen MR) is 91.3 cm³/mol. The Hall–Kier alpha value is -2.67. The van der Waals surface area contributed by atoms with Gasteiger partial charge in [0.2, 0.25) is 5.71 Å². The predicted octanol–water partition coefficient (Wildman–Crippen LogP) is 4.15. The number of halogens is 2. The fourth-order valence-electron chi connectivity index (χ4n) is 1.78. The van der Waals surface area contributed by atoms with Crippen LogP contribution < -0.4 is 5.43 Å². The van der Waals surface area contributed by atoms with Crippen molar-refractivity contribution in [2.24, 2.45) is 5.10 Å². The monoisotopic (exact) mass is 386 g/mol. The number of nitrogens with one attached hydrogen (secondary N) is 1. The summed E-state index contributed by atoms with van der Waals surface area (Å²) in [6, 6.07) is 14.9. The van der Waals surface area contributed by atoms with Crippen LogP contribution in [0.1, 0.15) is 15.9 Å². The van der Waals surface area contributed by atoms with Gasteiger partial charge in [0.15, 0.2) is 5.78 Å². The maximum absolute atomic E-state index is 12.7. The van der Waals surface area contributed by atoms with Crippen LogP contribution in [0, 0.1) is 22.7 Å². The van der Waals surface area contributed by atoms with Crippen molar-refractivity contribution in [2.75, 3.05) is 5.43 Å². The number of rotatable bonds is 4. The minimum Gasteiger partial charge on any atom is -0.288 e. The lowest BCUT2D eigenvalue weighted by Crippen LogP contribution is -2.07. The van der Waals surface area contributed by atoms with Gasteiger partial charge in [0, 0.05) is 15.6 Å². The summed E-state index contributed by atoms with van der Waals surface area (Å²) in [6.07, 6.45) is 0. The van der Waals surface area contributed by atoms with Crippen molar-refractivity contribution in [3.8, 4) is 12.1 Å². The summed E-state index contributed by atoms with van der Waals surface area (Å²) in [4.78, 5) is 12.7. The highest BCUT2D eigenvalue weighted by atomic mass is 79.9. The molecule has 2 aromatic carbocycles. The smallest absolute Gasteiger partial charge is 0.237 e. The Morgan fingerprint density at radius 3 is 2.48 bits per heavy atom. The Morgan fingerprint density at radius 2 is 1.83 bits per heavy atom. The number of hydrogen-bond acceptors (Lipinski definition) is 5. The zero-order chi connectivity index (χ0) is 16.8. The molecule has 23 heavy (non-hydrogen) atoms. The summed E-state index contributed by atoms with van der Waals surface area (Å²) in [7, 11) is 0. The summed E-state index contributed by atoms with van der Waals surface area (Å²) in [5.74, 6) is -0.301. The molecule has 112 valence electrons. The van der Waals surface area contributed by atoms with E-state index in [1.54, 1.807) is 54.6 Å². The number of ketones is 1. The highest BCUT2D eigenvalue weighted by molar-refractivity contribution is 9.10. The Balaban J connectivity index is 2.47. The number of carbonyl (C=O) groups excluding carboxylic acids is 1. The number of benzene rings is 2. The van der Waals surface area contributed by atoms with E-state index in [9.17, 15) is 4.79 Å². The normalized spacial score (nSPS) is 9.39. The van der Waals surface area contributed by atoms with E-state index in [2.05, 4.69) is 26.5 Å². The molecule has 0 saturated heterocycles. The highest BCUT2D eigenvalue weighted by Crippen LogP contribution is 2.26. The van der Waals surface area contributed by atoms with Crippen molar-refractivity contribution in [2.45, 2.75) is 0 Å². The van der Waals surface area contributed by atoms with Gasteiger partial charge in [-0.2, -0.15) is 15.6 Å². The summed E-state index contributed by atoms with van der Waals surface area (Å²) >= 11 is 9.38. The van der Waals surface area contributed by atoms with Crippen LogP contribution in [0.15, 0.2) is 52.0 Å². The third kappa shape index (κ3) is 3.95. The zero-order valence-electron chi connectivity index (χ0n) is 11.5. The first kappa shape index (κ1) is 16.7. The molecule has 0 aliphatic heterocycles. The molecule has 0 bridgehead atoms. The van der Waals surface area contributed by atoms with Gasteiger partial charge >= 0.3 is 0 Å². The summed E-state index contributed by atoms with van der Waals surface area (Å²) in [5, 5.41) is 21.4. The van der Waals surface area contributed by atoms with Crippen molar-refractivity contribution in [1.82, 2.24) is 0 Å². The fourth-order valence-corrected chi connectivity index (χ4v) is 2.37. The summed E-state index contributed by atoms with van der Waals surface area (Å²) in [6.45, 7) is 0. The average Bonchev–Trinajstić information content (AvgIpc) is 2.56. The van der Waals surface area contributed by atoms with Gasteiger partial charge in [-0.3, -0.25) is 10.2 Å². The molecule has 0 fully saturated rings. The number of hydrogen-bond donors (Lipinski definition) is 1. The number of nitrogens with zero attached hydrogens (tertiary/aromatic N) is 3. The minimum absolute atomic E-state index is 0.301. The van der Waals surface area contributed by atoms with Gasteiger partial charge < -0.3 is 0 Å². The molecular weight excluding hydrogens is 380 g/mol. The molecule has 0 heterocycles. The maximum Gasteiger partial charge on any atom is 0.237 e. The molecule has 0 unspecified atom stereocenters. The summed E-state index contributed by atoms with van der Waals surface area (Å²) < 4.78 is 0.697. The Labute approximate surface area is 145 Å². The number of carbonyl (C=O) groups is 1. The number of anilines is 1. The molecule has 0 saturated carbocycles. The van der Waals surface area contributed by atoms with Crippen LogP contribution in [0.4, 0.5) is 5.69 Å². The van der Waals surface area contributed by atoms with Gasteiger partial charge in [0.1, 0.15) is 12.1 Å². The van der Waals surface area contributed by atoms with Crippen molar-refractivity contribution in [3.05, 3.63) is 63.1 Å². The lowest BCUT2D eigenvalue weighted by molar-refractivity contribution is 0.103.